The molecule has 23 nitrogen and oxygen atoms in total. The van der Waals surface area contributed by atoms with Crippen molar-refractivity contribution in [2.24, 2.45) is 41.4 Å². The Morgan fingerprint density at radius 2 is 0.881 bits per heavy atom. The summed E-state index contributed by atoms with van der Waals surface area (Å²) in [6, 6.07) is -12.4. The Bertz CT molecular complexity index is 2290. The van der Waals surface area contributed by atoms with Crippen LogP contribution >= 0.6 is 0 Å². The Morgan fingerprint density at radius 1 is 0.464 bits per heavy atom. The lowest BCUT2D eigenvalue weighted by molar-refractivity contribution is -0.154. The molecule has 1 fully saturated rings. The lowest BCUT2D eigenvalue weighted by Gasteiger charge is -2.40. The summed E-state index contributed by atoms with van der Waals surface area (Å²) in [4.78, 5) is 166. The monoisotopic (exact) mass is 1190 g/mol. The summed E-state index contributed by atoms with van der Waals surface area (Å²) in [5.41, 5.74) is 0. The van der Waals surface area contributed by atoms with Crippen molar-refractivity contribution in [3.63, 3.8) is 0 Å². The fraction of sp³-hybridized carbons (Fsp3) is 0.787. The molecule has 1 aliphatic heterocycles. The zero-order valence-corrected chi connectivity index (χ0v) is 55.1. The van der Waals surface area contributed by atoms with E-state index in [1.807, 2.05) is 55.4 Å². The minimum absolute atomic E-state index is 0.0192. The van der Waals surface area contributed by atoms with Crippen LogP contribution in [0.4, 0.5) is 0 Å². The zero-order chi connectivity index (χ0) is 65.1. The van der Waals surface area contributed by atoms with Crippen molar-refractivity contribution in [1.82, 2.24) is 56.0 Å². The molecule has 0 unspecified atom stereocenters. The molecule has 0 saturated carbocycles. The first-order chi connectivity index (χ1) is 38.8. The predicted octanol–water partition coefficient (Wildman–Crippen LogP) is 2.93. The van der Waals surface area contributed by atoms with Gasteiger partial charge in [-0.3, -0.25) is 52.7 Å². The van der Waals surface area contributed by atoms with E-state index in [1.165, 1.54) is 80.6 Å². The summed E-state index contributed by atoms with van der Waals surface area (Å²) in [5.74, 6) is -9.87. The smallest absolute Gasteiger partial charge is 0.245 e. The molecule has 0 radical (unpaired) electrons. The number of carbonyl (C=O) groups is 11. The fourth-order valence-electron chi connectivity index (χ4n) is 10.4. The number of aliphatic hydroxyl groups is 1. The molecule has 84 heavy (non-hydrogen) atoms. The van der Waals surface area contributed by atoms with E-state index < -0.39 is 156 Å². The highest BCUT2D eigenvalue weighted by molar-refractivity contribution is 5.99. The van der Waals surface area contributed by atoms with Crippen molar-refractivity contribution in [1.29, 1.82) is 0 Å². The molecule has 1 saturated heterocycles. The van der Waals surface area contributed by atoms with Crippen LogP contribution in [0.5, 0.6) is 0 Å². The number of allylic oxidation sites excluding steroid dienone is 2. The molecule has 0 bridgehead atoms. The van der Waals surface area contributed by atoms with E-state index in [-0.39, 0.29) is 55.8 Å². The molecule has 480 valence electrons. The number of likely N-dealkylation sites (N-methyl/N-ethyl adjacent to an activating group) is 6. The first-order valence-electron chi connectivity index (χ1n) is 30.2. The number of amides is 11. The van der Waals surface area contributed by atoms with E-state index in [2.05, 4.69) is 26.6 Å². The molecule has 1 aliphatic rings. The molecule has 12 atom stereocenters. The molecular formula is C61H109N11O12. The van der Waals surface area contributed by atoms with Crippen LogP contribution in [-0.4, -0.2) is 215 Å². The predicted molar refractivity (Wildman–Crippen MR) is 324 cm³/mol. The number of hydrogen-bond donors (Lipinski definition) is 6. The van der Waals surface area contributed by atoms with E-state index in [0.717, 1.165) is 4.90 Å². The standard InChI is InChI=1S/C61H109N11O12/c1-24-26-27-39(15)51(74)49-55(78)64-42(25-2)58(81)67(18)32-47(73)68(19)43(28-33(3)4)54(77)65-48(37(11)12)61(84)69(20)44(29-34(5)6)53(76)62-40(16)52(75)63-41(17)57(80)70(21)45(30-35(7)8)59(82)71(22)46(31-36(9)10)60(83)72(23)50(38(13)14)56(79)66-49/h24,26,33-46,48-51,74H,25,27-32H2,1-23H3,(H,62,76)(H,63,75)(H,64,78)(H,65,77)(H,66,79)/b26-24+/t39-,40+,41-,42+,43+,44+,45+,46+,48+,49+,50+,51-/m1/s1. The van der Waals surface area contributed by atoms with Gasteiger partial charge in [-0.15, -0.1) is 0 Å². The minimum Gasteiger partial charge on any atom is -0.390 e. The second-order valence-corrected chi connectivity index (χ2v) is 25.7. The molecule has 1 heterocycles. The maximum Gasteiger partial charge on any atom is 0.245 e. The highest BCUT2D eigenvalue weighted by atomic mass is 16.3. The zero-order valence-electron chi connectivity index (χ0n) is 55.1. The molecule has 1 rings (SSSR count). The topological polar surface area (TPSA) is 288 Å². The van der Waals surface area contributed by atoms with E-state index in [1.54, 1.807) is 60.6 Å². The average molecular weight is 1190 g/mol. The van der Waals surface area contributed by atoms with Crippen molar-refractivity contribution in [2.45, 2.75) is 223 Å². The lowest BCUT2D eigenvalue weighted by atomic mass is 9.92. The molecule has 0 aromatic rings. The van der Waals surface area contributed by atoms with Gasteiger partial charge in [0.15, 0.2) is 0 Å². The van der Waals surface area contributed by atoms with Crippen LogP contribution in [-0.2, 0) is 52.7 Å². The molecule has 0 aromatic heterocycles. The summed E-state index contributed by atoms with van der Waals surface area (Å²) in [6.07, 6.45) is 2.99. The van der Waals surface area contributed by atoms with Gasteiger partial charge in [-0.25, -0.2) is 0 Å². The van der Waals surface area contributed by atoms with Crippen LogP contribution in [0.3, 0.4) is 0 Å². The Balaban J connectivity index is 4.26. The Labute approximate surface area is 502 Å². The van der Waals surface area contributed by atoms with Gasteiger partial charge in [0.25, 0.3) is 0 Å². The maximum absolute atomic E-state index is 15.0. The largest absolute Gasteiger partial charge is 0.390 e. The summed E-state index contributed by atoms with van der Waals surface area (Å²) < 4.78 is 0. The van der Waals surface area contributed by atoms with Crippen molar-refractivity contribution < 1.29 is 57.8 Å². The third-order valence-corrected chi connectivity index (χ3v) is 15.7. The first-order valence-corrected chi connectivity index (χ1v) is 30.2. The first kappa shape index (κ1) is 75.9. The number of hydrogen-bond acceptors (Lipinski definition) is 12. The van der Waals surface area contributed by atoms with Crippen LogP contribution in [0.15, 0.2) is 12.2 Å². The lowest BCUT2D eigenvalue weighted by Crippen LogP contribution is -2.63. The number of nitrogens with one attached hydrogen (secondary N) is 5. The quantitative estimate of drug-likeness (QED) is 0.129. The second kappa shape index (κ2) is 34.7. The molecule has 11 amide bonds. The van der Waals surface area contributed by atoms with Gasteiger partial charge in [0.05, 0.1) is 12.6 Å². The Kier molecular flexibility index (Phi) is 31.4. The van der Waals surface area contributed by atoms with Gasteiger partial charge < -0.3 is 61.1 Å². The van der Waals surface area contributed by atoms with E-state index >= 15 is 0 Å². The normalized spacial score (nSPS) is 27.0. The summed E-state index contributed by atoms with van der Waals surface area (Å²) in [6.45, 7) is 29.2. The van der Waals surface area contributed by atoms with Crippen LogP contribution in [0, 0.1) is 41.4 Å². The van der Waals surface area contributed by atoms with Crippen LogP contribution in [0.2, 0.25) is 0 Å². The van der Waals surface area contributed by atoms with Gasteiger partial charge in [-0.2, -0.15) is 0 Å². The number of aliphatic hydroxyl groups excluding tert-OH is 1. The van der Waals surface area contributed by atoms with Gasteiger partial charge in [-0.1, -0.05) is 109 Å². The number of carbonyl (C=O) groups excluding carboxylic acids is 11. The van der Waals surface area contributed by atoms with Crippen molar-refractivity contribution in [3.05, 3.63) is 12.2 Å². The molecule has 0 spiro atoms. The SMILES string of the molecule is C/C=C/C[C@@H](C)[C@@H](O)[C@@H]1NC(=O)[C@H](C(C)C)N(C)C(=O)[C@H](CC(C)C)N(C)C(=O)[C@H](CC(C)C)N(C)C(=O)[C@@H](C)NC(=O)[C@H](C)NC(=O)[C@H](CC(C)C)N(C)C(=O)[C@H](C(C)C)NC(=O)[C@H](CC(C)C)N(C)C(=O)CN(C)C(=O)[C@H](CC)NC1=O. The van der Waals surface area contributed by atoms with Crippen molar-refractivity contribution in [2.75, 3.05) is 48.8 Å². The van der Waals surface area contributed by atoms with Gasteiger partial charge >= 0.3 is 0 Å². The Hall–Kier alpha value is -6.13. The summed E-state index contributed by atoms with van der Waals surface area (Å²) in [5, 5.41) is 25.5. The van der Waals surface area contributed by atoms with Crippen LogP contribution in [0.25, 0.3) is 0 Å². The van der Waals surface area contributed by atoms with Gasteiger partial charge in [0.1, 0.15) is 60.4 Å². The van der Waals surface area contributed by atoms with Gasteiger partial charge in [-0.05, 0) is 101 Å². The summed E-state index contributed by atoms with van der Waals surface area (Å²) in [7, 11) is 8.52. The van der Waals surface area contributed by atoms with E-state index in [0.29, 0.717) is 6.42 Å². The number of nitrogens with zero attached hydrogens (tertiary/aromatic N) is 6. The molecule has 0 aromatic carbocycles. The van der Waals surface area contributed by atoms with Crippen LogP contribution in [0.1, 0.15) is 156 Å². The third-order valence-electron chi connectivity index (χ3n) is 15.7. The van der Waals surface area contributed by atoms with Gasteiger partial charge in [0, 0.05) is 42.3 Å². The third kappa shape index (κ3) is 21.7. The summed E-state index contributed by atoms with van der Waals surface area (Å²) >= 11 is 0. The van der Waals surface area contributed by atoms with Gasteiger partial charge in [0.2, 0.25) is 65.0 Å². The minimum atomic E-state index is -1.66. The highest BCUT2D eigenvalue weighted by Gasteiger charge is 2.44. The molecule has 23 heteroatoms. The Morgan fingerprint density at radius 3 is 1.33 bits per heavy atom. The number of rotatable bonds is 15. The molecule has 6 N–H and O–H groups in total. The second-order valence-electron chi connectivity index (χ2n) is 25.7. The van der Waals surface area contributed by atoms with Crippen molar-refractivity contribution >= 4 is 65.0 Å². The average Bonchev–Trinajstić information content (AvgIpc) is 3.53. The van der Waals surface area contributed by atoms with Crippen LogP contribution < -0.4 is 26.6 Å². The van der Waals surface area contributed by atoms with E-state index in [9.17, 15) is 57.8 Å². The van der Waals surface area contributed by atoms with E-state index in [4.69, 9.17) is 0 Å². The fourth-order valence-corrected chi connectivity index (χ4v) is 10.4. The molecule has 0 aliphatic carbocycles. The highest BCUT2D eigenvalue weighted by Crippen LogP contribution is 2.24. The van der Waals surface area contributed by atoms with Crippen molar-refractivity contribution in [3.8, 4) is 0 Å². The maximum atomic E-state index is 15.0. The molecular weight excluding hydrogens is 1080 g/mol.